The van der Waals surface area contributed by atoms with Gasteiger partial charge in [-0.25, -0.2) is 5.43 Å². The summed E-state index contributed by atoms with van der Waals surface area (Å²) in [5, 5.41) is 15.6. The Morgan fingerprint density at radius 3 is 2.35 bits per heavy atom. The predicted octanol–water partition coefficient (Wildman–Crippen LogP) is 2.17. The average molecular weight is 319 g/mol. The molecule has 6 nitrogen and oxygen atoms in total. The van der Waals surface area contributed by atoms with Gasteiger partial charge in [-0.3, -0.25) is 9.59 Å². The second-order valence-electron chi connectivity index (χ2n) is 5.38. The molecule has 1 rings (SSSR count). The maximum absolute atomic E-state index is 12.0. The molecule has 0 atom stereocenters. The quantitative estimate of drug-likeness (QED) is 0.481. The number of hydrogen-bond donors (Lipinski definition) is 3. The summed E-state index contributed by atoms with van der Waals surface area (Å²) < 4.78 is 0. The van der Waals surface area contributed by atoms with E-state index in [0.29, 0.717) is 0 Å². The molecule has 1 aromatic carbocycles. The van der Waals surface area contributed by atoms with Gasteiger partial charge in [0.15, 0.2) is 0 Å². The van der Waals surface area contributed by atoms with Gasteiger partial charge in [0, 0.05) is 5.92 Å². The zero-order valence-corrected chi connectivity index (χ0v) is 13.7. The second-order valence-corrected chi connectivity index (χ2v) is 5.38. The van der Waals surface area contributed by atoms with Crippen molar-refractivity contribution in [3.8, 4) is 5.75 Å². The summed E-state index contributed by atoms with van der Waals surface area (Å²) in [6, 6.07) is 6.41. The van der Waals surface area contributed by atoms with Gasteiger partial charge in [0.1, 0.15) is 5.75 Å². The number of rotatable bonds is 9. The number of hydrogen-bond acceptors (Lipinski definition) is 4. The minimum absolute atomic E-state index is 0.0294. The summed E-state index contributed by atoms with van der Waals surface area (Å²) in [5.41, 5.74) is 3.11. The summed E-state index contributed by atoms with van der Waals surface area (Å²) in [4.78, 5) is 23.7. The molecule has 0 saturated heterocycles. The van der Waals surface area contributed by atoms with E-state index in [-0.39, 0.29) is 30.0 Å². The summed E-state index contributed by atoms with van der Waals surface area (Å²) in [5.74, 6) is -0.313. The Bertz CT molecular complexity index is 520. The van der Waals surface area contributed by atoms with E-state index in [1.165, 1.54) is 18.3 Å². The smallest absolute Gasteiger partial charge is 0.259 e. The number of carbonyl (C=O) groups excluding carboxylic acids is 2. The third-order valence-electron chi connectivity index (χ3n) is 3.36. The highest BCUT2D eigenvalue weighted by Crippen LogP contribution is 2.13. The molecule has 0 radical (unpaired) electrons. The van der Waals surface area contributed by atoms with Crippen LogP contribution in [0.1, 0.15) is 45.1 Å². The third-order valence-corrected chi connectivity index (χ3v) is 3.36. The lowest BCUT2D eigenvalue weighted by atomic mass is 9.97. The topological polar surface area (TPSA) is 90.8 Å². The number of aromatic hydroxyl groups is 1. The molecule has 0 fully saturated rings. The van der Waals surface area contributed by atoms with E-state index >= 15 is 0 Å². The largest absolute Gasteiger partial charge is 0.508 e. The van der Waals surface area contributed by atoms with Crippen LogP contribution in [0.25, 0.3) is 0 Å². The van der Waals surface area contributed by atoms with Crippen molar-refractivity contribution in [2.75, 3.05) is 6.54 Å². The number of nitrogens with one attached hydrogen (secondary N) is 2. The first kappa shape index (κ1) is 18.7. The molecule has 0 bridgehead atoms. The maximum Gasteiger partial charge on any atom is 0.259 e. The number of nitrogens with zero attached hydrogens (tertiary/aromatic N) is 1. The van der Waals surface area contributed by atoms with E-state index in [1.807, 2.05) is 13.8 Å². The zero-order chi connectivity index (χ0) is 17.1. The van der Waals surface area contributed by atoms with Gasteiger partial charge in [0.05, 0.1) is 12.8 Å². The van der Waals surface area contributed by atoms with Crippen LogP contribution in [0.2, 0.25) is 0 Å². The minimum atomic E-state index is -0.375. The molecular weight excluding hydrogens is 294 g/mol. The van der Waals surface area contributed by atoms with Crippen LogP contribution in [0.3, 0.4) is 0 Å². The summed E-state index contributed by atoms with van der Waals surface area (Å²) in [6.45, 7) is 4.00. The van der Waals surface area contributed by atoms with Crippen LogP contribution >= 0.6 is 0 Å². The lowest BCUT2D eigenvalue weighted by Gasteiger charge is -2.14. The Morgan fingerprint density at radius 1 is 1.17 bits per heavy atom. The molecule has 3 N–H and O–H groups in total. The Balaban J connectivity index is 2.35. The highest BCUT2D eigenvalue weighted by Gasteiger charge is 2.16. The first-order valence-corrected chi connectivity index (χ1v) is 7.95. The summed E-state index contributed by atoms with van der Waals surface area (Å²) >= 11 is 0. The van der Waals surface area contributed by atoms with Gasteiger partial charge in [0.25, 0.3) is 5.91 Å². The summed E-state index contributed by atoms with van der Waals surface area (Å²) in [6.07, 6.45) is 5.03. The molecule has 0 heterocycles. The van der Waals surface area contributed by atoms with Crippen LogP contribution in [0, 0.1) is 5.92 Å². The van der Waals surface area contributed by atoms with E-state index in [9.17, 15) is 9.59 Å². The Labute approximate surface area is 137 Å². The Hall–Kier alpha value is -2.37. The van der Waals surface area contributed by atoms with E-state index in [1.54, 1.807) is 12.1 Å². The highest BCUT2D eigenvalue weighted by molar-refractivity contribution is 5.87. The molecule has 0 aliphatic rings. The van der Waals surface area contributed by atoms with Crippen molar-refractivity contribution >= 4 is 18.0 Å². The average Bonchev–Trinajstić information content (AvgIpc) is 2.54. The fourth-order valence-corrected chi connectivity index (χ4v) is 2.19. The molecular formula is C17H25N3O3. The van der Waals surface area contributed by atoms with Gasteiger partial charge in [-0.2, -0.15) is 5.10 Å². The van der Waals surface area contributed by atoms with Gasteiger partial charge < -0.3 is 10.4 Å². The van der Waals surface area contributed by atoms with E-state index in [4.69, 9.17) is 5.11 Å². The Morgan fingerprint density at radius 2 is 1.78 bits per heavy atom. The number of hydrazone groups is 1. The van der Waals surface area contributed by atoms with Crippen LogP contribution in [0.5, 0.6) is 5.75 Å². The van der Waals surface area contributed by atoms with Crippen LogP contribution in [-0.4, -0.2) is 29.7 Å². The predicted molar refractivity (Wildman–Crippen MR) is 90.2 cm³/mol. The number of benzene rings is 1. The van der Waals surface area contributed by atoms with Crippen molar-refractivity contribution in [1.82, 2.24) is 10.7 Å². The van der Waals surface area contributed by atoms with Crippen LogP contribution in [-0.2, 0) is 9.59 Å². The number of phenols is 1. The van der Waals surface area contributed by atoms with E-state index < -0.39 is 0 Å². The van der Waals surface area contributed by atoms with Crippen LogP contribution < -0.4 is 10.7 Å². The molecule has 126 valence electrons. The molecule has 0 aliphatic heterocycles. The van der Waals surface area contributed by atoms with Crippen molar-refractivity contribution in [1.29, 1.82) is 0 Å². The SMILES string of the molecule is CCCC(CCC)C(=O)NCC(=O)N/N=C/c1ccc(O)cc1. The molecule has 6 heteroatoms. The summed E-state index contributed by atoms with van der Waals surface area (Å²) in [7, 11) is 0. The van der Waals surface area contributed by atoms with Crippen LogP contribution in [0.15, 0.2) is 29.4 Å². The number of phenolic OH excluding ortho intramolecular Hbond substituents is 1. The van der Waals surface area contributed by atoms with Crippen molar-refractivity contribution < 1.29 is 14.7 Å². The molecule has 0 aliphatic carbocycles. The minimum Gasteiger partial charge on any atom is -0.508 e. The highest BCUT2D eigenvalue weighted by atomic mass is 16.3. The van der Waals surface area contributed by atoms with Gasteiger partial charge in [-0.1, -0.05) is 26.7 Å². The molecule has 0 aromatic heterocycles. The van der Waals surface area contributed by atoms with E-state index in [2.05, 4.69) is 15.8 Å². The van der Waals surface area contributed by atoms with Gasteiger partial charge in [-0.15, -0.1) is 0 Å². The van der Waals surface area contributed by atoms with Gasteiger partial charge >= 0.3 is 0 Å². The fourth-order valence-electron chi connectivity index (χ4n) is 2.19. The molecule has 0 spiro atoms. The molecule has 2 amide bonds. The molecule has 0 saturated carbocycles. The normalized spacial score (nSPS) is 10.9. The lowest BCUT2D eigenvalue weighted by molar-refractivity contribution is -0.128. The second kappa shape index (κ2) is 10.4. The van der Waals surface area contributed by atoms with Crippen LogP contribution in [0.4, 0.5) is 0 Å². The first-order valence-electron chi connectivity index (χ1n) is 7.95. The monoisotopic (exact) mass is 319 g/mol. The van der Waals surface area contributed by atoms with E-state index in [0.717, 1.165) is 31.2 Å². The zero-order valence-electron chi connectivity index (χ0n) is 13.7. The van der Waals surface area contributed by atoms with Gasteiger partial charge in [0.2, 0.25) is 5.91 Å². The first-order chi connectivity index (χ1) is 11.1. The van der Waals surface area contributed by atoms with Crippen molar-refractivity contribution in [2.24, 2.45) is 11.0 Å². The Kier molecular flexibility index (Phi) is 8.42. The number of amides is 2. The van der Waals surface area contributed by atoms with Crippen molar-refractivity contribution in [3.05, 3.63) is 29.8 Å². The lowest BCUT2D eigenvalue weighted by Crippen LogP contribution is -2.38. The molecule has 0 unspecified atom stereocenters. The third kappa shape index (κ3) is 7.44. The van der Waals surface area contributed by atoms with Crippen molar-refractivity contribution in [3.63, 3.8) is 0 Å². The standard InChI is InChI=1S/C17H25N3O3/c1-3-5-14(6-4-2)17(23)18-12-16(22)20-19-11-13-7-9-15(21)10-8-13/h7-11,14,21H,3-6,12H2,1-2H3,(H,18,23)(H,20,22)/b19-11+. The fraction of sp³-hybridized carbons (Fsp3) is 0.471. The molecule has 23 heavy (non-hydrogen) atoms. The maximum atomic E-state index is 12.0. The van der Waals surface area contributed by atoms with Gasteiger partial charge in [-0.05, 0) is 42.7 Å². The number of carbonyl (C=O) groups is 2. The van der Waals surface area contributed by atoms with Crippen molar-refractivity contribution in [2.45, 2.75) is 39.5 Å². The molecule has 1 aromatic rings.